The average Bonchev–Trinajstić information content (AvgIpc) is 1.64. The number of aryl methyl sites for hydroxylation is 20. The monoisotopic (exact) mass is 1980 g/mol. The highest BCUT2D eigenvalue weighted by molar-refractivity contribution is 5.88. The number of rotatable bonds is 18. The Bertz CT molecular complexity index is 7910. The summed E-state index contributed by atoms with van der Waals surface area (Å²) in [5.74, 6) is 2.22. The summed E-state index contributed by atoms with van der Waals surface area (Å²) in [5.41, 5.74) is 68.4. The second-order valence-electron chi connectivity index (χ2n) is 44.7. The van der Waals surface area contributed by atoms with E-state index in [1.54, 1.807) is 0 Å². The lowest BCUT2D eigenvalue weighted by Crippen LogP contribution is -2.32. The number of aromatic nitrogens is 10. The molecule has 770 valence electrons. The summed E-state index contributed by atoms with van der Waals surface area (Å²) in [6, 6.07) is 75.6. The first-order valence-electron chi connectivity index (χ1n) is 54.0. The van der Waals surface area contributed by atoms with E-state index in [1.807, 2.05) is 0 Å². The molecule has 0 N–H and O–H groups in total. The smallest absolute Gasteiger partial charge is 0.229 e. The summed E-state index contributed by atoms with van der Waals surface area (Å²) < 4.78 is 23.7. The molecule has 0 atom stereocenters. The van der Waals surface area contributed by atoms with E-state index in [-0.39, 0.29) is 0 Å². The van der Waals surface area contributed by atoms with Crippen LogP contribution in [-0.2, 0) is 35.2 Å². The maximum Gasteiger partial charge on any atom is 0.229 e. The van der Waals surface area contributed by atoms with Crippen molar-refractivity contribution in [1.82, 2.24) is 22.8 Å². The lowest BCUT2D eigenvalue weighted by Gasteiger charge is -2.24. The Labute approximate surface area is 894 Å². The van der Waals surface area contributed by atoms with E-state index < -0.39 is 0 Å². The zero-order valence-electron chi connectivity index (χ0n) is 98.0. The molecule has 18 rings (SSSR count). The highest BCUT2D eigenvalue weighted by atomic mass is 15.1. The highest BCUT2D eigenvalue weighted by Crippen LogP contribution is 2.47. The van der Waals surface area contributed by atoms with Crippen molar-refractivity contribution in [3.05, 3.63) is 422 Å². The van der Waals surface area contributed by atoms with Crippen LogP contribution in [0.3, 0.4) is 0 Å². The van der Waals surface area contributed by atoms with Gasteiger partial charge in [-0.05, 0) is 372 Å². The van der Waals surface area contributed by atoms with Gasteiger partial charge in [0.05, 0.1) is 22.7 Å². The van der Waals surface area contributed by atoms with Gasteiger partial charge in [-0.25, -0.2) is 0 Å². The van der Waals surface area contributed by atoms with Gasteiger partial charge in [0, 0.05) is 104 Å². The van der Waals surface area contributed by atoms with Gasteiger partial charge in [-0.1, -0.05) is 233 Å². The van der Waals surface area contributed by atoms with Gasteiger partial charge in [-0.15, -0.1) is 0 Å². The number of para-hydroxylation sites is 3. The highest BCUT2D eigenvalue weighted by Gasteiger charge is 2.34. The van der Waals surface area contributed by atoms with Gasteiger partial charge in [0.25, 0.3) is 0 Å². The largest absolute Gasteiger partial charge is 0.310 e. The summed E-state index contributed by atoms with van der Waals surface area (Å²) in [6.07, 6.45) is 15.9. The number of nitrogens with zero attached hydrogens (tertiary/aromatic N) is 10. The van der Waals surface area contributed by atoms with Gasteiger partial charge in [0.15, 0.2) is 31.0 Å². The molecule has 0 aliphatic heterocycles. The maximum atomic E-state index is 2.54. The van der Waals surface area contributed by atoms with Crippen LogP contribution in [0.2, 0.25) is 0 Å². The SMILES string of the molecule is Cc1cc(-c2c(C)c(C)c(C)n2-c2c(C(C)C)cccc2C(C)C)[n+](C)cc1C.Cc1cc(-c2c(C)c(C)c(C)n2-c2ccccc2C(C)C)[n+](C)cc1C.Cc1cc(-c2c(C)c(C)cn2-c2c(-c3ccccc3)cccc2-c2ccccc2)[n+](C)cc1C.Cc1cc(-c2c(C)c(C)cn2-c2c(C(C)C)cc(-c3ccccc3)cc2C(C)C)[n+](C)cc1C.Cc1cc(C)c(-n2c(C)c(C)c(C)c2-c2cc(C)c(C)c[n+]2C)c(C)c1. The van der Waals surface area contributed by atoms with Crippen molar-refractivity contribution in [3.8, 4) is 119 Å². The van der Waals surface area contributed by atoms with Crippen LogP contribution in [-0.4, -0.2) is 22.8 Å². The summed E-state index contributed by atoms with van der Waals surface area (Å²) in [5, 5.41) is 0. The molecule has 10 nitrogen and oxygen atoms in total. The van der Waals surface area contributed by atoms with E-state index in [2.05, 4.69) is 580 Å². The predicted octanol–water partition coefficient (Wildman–Crippen LogP) is 33.5. The molecule has 0 amide bonds. The van der Waals surface area contributed by atoms with Crippen molar-refractivity contribution >= 4 is 0 Å². The van der Waals surface area contributed by atoms with E-state index in [0.29, 0.717) is 29.6 Å². The first-order chi connectivity index (χ1) is 70.5. The molecule has 0 bridgehead atoms. The third-order valence-corrected chi connectivity index (χ3v) is 32.4. The number of hydrogen-bond acceptors (Lipinski definition) is 0. The molecular formula is C139H169N10+5. The molecule has 0 aliphatic rings. The van der Waals surface area contributed by atoms with Crippen LogP contribution in [0.5, 0.6) is 0 Å². The Hall–Kier alpha value is -14.1. The van der Waals surface area contributed by atoms with Crippen LogP contribution < -0.4 is 22.8 Å². The van der Waals surface area contributed by atoms with Crippen molar-refractivity contribution in [3.63, 3.8) is 0 Å². The van der Waals surface area contributed by atoms with Crippen molar-refractivity contribution in [1.29, 1.82) is 0 Å². The van der Waals surface area contributed by atoms with Crippen LogP contribution in [0.1, 0.15) is 272 Å². The van der Waals surface area contributed by atoms with Gasteiger partial charge in [0.1, 0.15) is 63.7 Å². The standard InChI is InChI=1S/C32H31N2.C32H39N2.C27H37N2.2C24H31N2/c1-22-19-30(33(5)20-23(22)2)31-25(4)24(3)21-34(31)32-28(26-13-8-6-9-14-26)17-12-18-29(32)27-15-10-7-11-16-27;1-20(2)28-16-27(26-13-11-10-12-14-26)17-29(21(3)4)32(28)34-19-24(7)25(8)31(34)30-15-22(5)23(6)18-33(30)9;1-16(2)23-12-11-13-24(17(3)4)27(23)29-22(9)20(7)21(8)26(29)25-14-18(5)19(6)15-28(25)10;1-14-10-16(3)23(17(4)11-14)26-21(8)19(6)20(7)24(26)22-12-15(2)18(5)13-25(22)9;1-15(2)21-11-9-10-12-22(21)26-20(7)18(5)19(6)24(26)23-13-16(3)17(4)14-25(23)8/h6-21H,1-5H3;10-21H,1-9H3;11-17H,1-10H3;10-13H,1-9H3;9-15H,1-8H3/q5*+1. The third kappa shape index (κ3) is 22.1. The second kappa shape index (κ2) is 45.5. The van der Waals surface area contributed by atoms with Gasteiger partial charge < -0.3 is 22.8 Å². The van der Waals surface area contributed by atoms with Crippen molar-refractivity contribution in [2.75, 3.05) is 0 Å². The van der Waals surface area contributed by atoms with Gasteiger partial charge in [-0.3, -0.25) is 0 Å². The van der Waals surface area contributed by atoms with E-state index in [9.17, 15) is 0 Å². The molecule has 0 fully saturated rings. The molecule has 18 aromatic rings. The van der Waals surface area contributed by atoms with Crippen molar-refractivity contribution in [2.24, 2.45) is 35.2 Å². The molecule has 0 aliphatic carbocycles. The first-order valence-corrected chi connectivity index (χ1v) is 54.0. The fourth-order valence-corrected chi connectivity index (χ4v) is 22.3. The number of benzene rings is 8. The Morgan fingerprint density at radius 3 is 0.805 bits per heavy atom. The fourth-order valence-electron chi connectivity index (χ4n) is 22.3. The molecule has 10 heteroatoms. The summed E-state index contributed by atoms with van der Waals surface area (Å²) in [4.78, 5) is 0. The zero-order valence-corrected chi connectivity index (χ0v) is 98.0. The summed E-state index contributed by atoms with van der Waals surface area (Å²) in [7, 11) is 10.8. The maximum absolute atomic E-state index is 2.54. The topological polar surface area (TPSA) is 44.0 Å². The molecule has 0 unspecified atom stereocenters. The number of pyridine rings is 5. The molecule has 10 heterocycles. The Balaban J connectivity index is 0.000000148. The van der Waals surface area contributed by atoms with E-state index in [4.69, 9.17) is 0 Å². The molecular weight excluding hydrogens is 1810 g/mol. The predicted molar refractivity (Wildman–Crippen MR) is 632 cm³/mol. The Morgan fingerprint density at radius 2 is 0.470 bits per heavy atom. The van der Waals surface area contributed by atoms with Crippen molar-refractivity contribution < 1.29 is 22.8 Å². The summed E-state index contributed by atoms with van der Waals surface area (Å²) in [6.45, 7) is 80.8. The van der Waals surface area contributed by atoms with Crippen LogP contribution in [0.15, 0.2) is 250 Å². The van der Waals surface area contributed by atoms with Crippen LogP contribution in [0, 0.1) is 180 Å². The van der Waals surface area contributed by atoms with Gasteiger partial charge >= 0.3 is 0 Å². The average molecular weight is 1980 g/mol. The lowest BCUT2D eigenvalue weighted by atomic mass is 9.88. The third-order valence-electron chi connectivity index (χ3n) is 32.4. The van der Waals surface area contributed by atoms with Crippen LogP contribution >= 0.6 is 0 Å². The fraction of sp³-hybridized carbons (Fsp3) is 0.331. The second-order valence-corrected chi connectivity index (χ2v) is 44.7. The minimum atomic E-state index is 0.403. The van der Waals surface area contributed by atoms with Crippen LogP contribution in [0.4, 0.5) is 0 Å². The quantitative estimate of drug-likeness (QED) is 0.0769. The zero-order chi connectivity index (χ0) is 109. The van der Waals surface area contributed by atoms with Crippen molar-refractivity contribution in [2.45, 2.75) is 279 Å². The van der Waals surface area contributed by atoms with E-state index in [1.165, 1.54) is 292 Å². The van der Waals surface area contributed by atoms with Crippen LogP contribution in [0.25, 0.3) is 119 Å². The minimum absolute atomic E-state index is 0.403. The molecule has 0 saturated heterocycles. The molecule has 10 aromatic heterocycles. The summed E-state index contributed by atoms with van der Waals surface area (Å²) >= 11 is 0. The molecule has 149 heavy (non-hydrogen) atoms. The van der Waals surface area contributed by atoms with E-state index in [0.717, 1.165) is 0 Å². The molecule has 8 aromatic carbocycles. The van der Waals surface area contributed by atoms with E-state index >= 15 is 0 Å². The van der Waals surface area contributed by atoms with Gasteiger partial charge in [-0.2, -0.15) is 22.8 Å². The molecule has 0 spiro atoms. The lowest BCUT2D eigenvalue weighted by molar-refractivity contribution is -0.661. The van der Waals surface area contributed by atoms with Gasteiger partial charge in [0.2, 0.25) is 28.5 Å². The Morgan fingerprint density at radius 1 is 0.195 bits per heavy atom. The molecule has 0 saturated carbocycles. The molecule has 0 radical (unpaired) electrons. The Kier molecular flexibility index (Phi) is 33.8. The first kappa shape index (κ1) is 111. The normalized spacial score (nSPS) is 11.4. The number of hydrogen-bond donors (Lipinski definition) is 0. The minimum Gasteiger partial charge on any atom is -0.310 e.